The second-order valence-corrected chi connectivity index (χ2v) is 4.46. The van der Waals surface area contributed by atoms with Gasteiger partial charge in [-0.1, -0.05) is 19.9 Å². The molecule has 64 valence electrons. The molecule has 1 rings (SSSR count). The van der Waals surface area contributed by atoms with E-state index in [9.17, 15) is 5.11 Å². The first-order valence-corrected chi connectivity index (χ1v) is 4.34. The molecular weight excluding hydrogens is 136 g/mol. The minimum Gasteiger partial charge on any atom is -0.393 e. The van der Waals surface area contributed by atoms with Crippen LogP contribution in [0, 0.1) is 11.3 Å². The molecule has 2 atom stereocenters. The maximum atomic E-state index is 9.50. The summed E-state index contributed by atoms with van der Waals surface area (Å²) in [5.41, 5.74) is 0.302. The molecule has 11 heavy (non-hydrogen) atoms. The van der Waals surface area contributed by atoms with Crippen molar-refractivity contribution < 1.29 is 5.11 Å². The molecule has 1 aliphatic carbocycles. The molecule has 0 aromatic heterocycles. The third kappa shape index (κ3) is 2.33. The highest BCUT2D eigenvalue weighted by Gasteiger charge is 2.31. The molecule has 1 heteroatoms. The molecule has 1 N–H and O–H groups in total. The number of aliphatic hydroxyl groups excluding tert-OH is 1. The van der Waals surface area contributed by atoms with Gasteiger partial charge >= 0.3 is 0 Å². The normalized spacial score (nSPS) is 36.6. The fourth-order valence-corrected chi connectivity index (χ4v) is 2.13. The SMILES string of the molecule is C=CC1CC(O)CC(C)(C)C1. The summed E-state index contributed by atoms with van der Waals surface area (Å²) in [5.74, 6) is 0.522. The molecule has 0 aromatic carbocycles. The fraction of sp³-hybridized carbons (Fsp3) is 0.800. The Morgan fingerprint density at radius 3 is 2.55 bits per heavy atom. The molecule has 0 heterocycles. The maximum absolute atomic E-state index is 9.50. The molecule has 0 radical (unpaired) electrons. The molecule has 1 aliphatic rings. The first-order chi connectivity index (χ1) is 5.03. The third-order valence-corrected chi connectivity index (χ3v) is 2.51. The summed E-state index contributed by atoms with van der Waals surface area (Å²) in [4.78, 5) is 0. The van der Waals surface area contributed by atoms with Gasteiger partial charge in [-0.25, -0.2) is 0 Å². The topological polar surface area (TPSA) is 20.2 Å². The van der Waals surface area contributed by atoms with Crippen molar-refractivity contribution in [3.8, 4) is 0 Å². The molecule has 1 fully saturated rings. The van der Waals surface area contributed by atoms with Crippen LogP contribution in [-0.2, 0) is 0 Å². The van der Waals surface area contributed by atoms with E-state index in [-0.39, 0.29) is 6.10 Å². The van der Waals surface area contributed by atoms with Crippen LogP contribution >= 0.6 is 0 Å². The van der Waals surface area contributed by atoms with Gasteiger partial charge in [0.2, 0.25) is 0 Å². The van der Waals surface area contributed by atoms with Crippen molar-refractivity contribution in [3.63, 3.8) is 0 Å². The molecule has 1 saturated carbocycles. The number of hydrogen-bond donors (Lipinski definition) is 1. The van der Waals surface area contributed by atoms with E-state index in [0.717, 1.165) is 12.8 Å². The Hall–Kier alpha value is -0.300. The van der Waals surface area contributed by atoms with Crippen LogP contribution in [-0.4, -0.2) is 11.2 Å². The van der Waals surface area contributed by atoms with Crippen molar-refractivity contribution in [2.24, 2.45) is 11.3 Å². The van der Waals surface area contributed by atoms with Gasteiger partial charge < -0.3 is 5.11 Å². The summed E-state index contributed by atoms with van der Waals surface area (Å²) in [6.07, 6.45) is 4.89. The van der Waals surface area contributed by atoms with E-state index >= 15 is 0 Å². The van der Waals surface area contributed by atoms with Crippen molar-refractivity contribution in [3.05, 3.63) is 12.7 Å². The van der Waals surface area contributed by atoms with Crippen LogP contribution in [0.5, 0.6) is 0 Å². The summed E-state index contributed by atoms with van der Waals surface area (Å²) in [5, 5.41) is 9.50. The lowest BCUT2D eigenvalue weighted by atomic mass is 9.71. The molecule has 0 bridgehead atoms. The predicted octanol–water partition coefficient (Wildman–Crippen LogP) is 2.36. The average Bonchev–Trinajstić information content (AvgIpc) is 1.83. The molecule has 0 amide bonds. The van der Waals surface area contributed by atoms with E-state index in [1.807, 2.05) is 6.08 Å². The summed E-state index contributed by atoms with van der Waals surface area (Å²) in [6, 6.07) is 0. The molecule has 0 aliphatic heterocycles. The zero-order chi connectivity index (χ0) is 8.48. The monoisotopic (exact) mass is 154 g/mol. The van der Waals surface area contributed by atoms with E-state index in [4.69, 9.17) is 0 Å². The summed E-state index contributed by atoms with van der Waals surface area (Å²) in [7, 11) is 0. The van der Waals surface area contributed by atoms with Crippen LogP contribution in [0.25, 0.3) is 0 Å². The first-order valence-electron chi connectivity index (χ1n) is 4.34. The molecule has 0 aromatic rings. The zero-order valence-electron chi connectivity index (χ0n) is 7.51. The van der Waals surface area contributed by atoms with Gasteiger partial charge in [0, 0.05) is 0 Å². The summed E-state index contributed by atoms with van der Waals surface area (Å²) < 4.78 is 0. The Kier molecular flexibility index (Phi) is 2.38. The molecular formula is C10H18O. The second kappa shape index (κ2) is 2.98. The zero-order valence-corrected chi connectivity index (χ0v) is 7.51. The highest BCUT2D eigenvalue weighted by Crippen LogP contribution is 2.38. The van der Waals surface area contributed by atoms with Crippen LogP contribution in [0.2, 0.25) is 0 Å². The van der Waals surface area contributed by atoms with Gasteiger partial charge in [-0.3, -0.25) is 0 Å². The van der Waals surface area contributed by atoms with Crippen LogP contribution in [0.1, 0.15) is 33.1 Å². The minimum atomic E-state index is -0.109. The lowest BCUT2D eigenvalue weighted by molar-refractivity contribution is 0.0468. The predicted molar refractivity (Wildman–Crippen MR) is 47.3 cm³/mol. The van der Waals surface area contributed by atoms with Gasteiger partial charge in [-0.05, 0) is 30.6 Å². The first kappa shape index (κ1) is 8.79. The number of hydrogen-bond acceptors (Lipinski definition) is 1. The average molecular weight is 154 g/mol. The lowest BCUT2D eigenvalue weighted by Gasteiger charge is -2.36. The van der Waals surface area contributed by atoms with Crippen LogP contribution in [0.3, 0.4) is 0 Å². The third-order valence-electron chi connectivity index (χ3n) is 2.51. The standard InChI is InChI=1S/C10H18O/c1-4-8-5-9(11)7-10(2,3)6-8/h4,8-9,11H,1,5-7H2,2-3H3. The van der Waals surface area contributed by atoms with E-state index in [1.54, 1.807) is 0 Å². The number of aliphatic hydroxyl groups is 1. The van der Waals surface area contributed by atoms with Gasteiger partial charge in [-0.2, -0.15) is 0 Å². The van der Waals surface area contributed by atoms with E-state index in [2.05, 4.69) is 20.4 Å². The molecule has 1 nitrogen and oxygen atoms in total. The van der Waals surface area contributed by atoms with Crippen LogP contribution in [0.4, 0.5) is 0 Å². The quantitative estimate of drug-likeness (QED) is 0.575. The van der Waals surface area contributed by atoms with Crippen LogP contribution < -0.4 is 0 Å². The maximum Gasteiger partial charge on any atom is 0.0551 e. The smallest absolute Gasteiger partial charge is 0.0551 e. The van der Waals surface area contributed by atoms with Crippen molar-refractivity contribution >= 4 is 0 Å². The van der Waals surface area contributed by atoms with Crippen LogP contribution in [0.15, 0.2) is 12.7 Å². The Labute approximate surface area is 69.1 Å². The Morgan fingerprint density at radius 1 is 1.45 bits per heavy atom. The van der Waals surface area contributed by atoms with Gasteiger partial charge in [0.25, 0.3) is 0 Å². The summed E-state index contributed by atoms with van der Waals surface area (Å²) >= 11 is 0. The molecule has 0 saturated heterocycles. The Bertz CT molecular complexity index is 149. The van der Waals surface area contributed by atoms with Gasteiger partial charge in [0.1, 0.15) is 0 Å². The van der Waals surface area contributed by atoms with E-state index in [0.29, 0.717) is 11.3 Å². The van der Waals surface area contributed by atoms with Gasteiger partial charge in [-0.15, -0.1) is 6.58 Å². The number of rotatable bonds is 1. The Balaban J connectivity index is 2.57. The van der Waals surface area contributed by atoms with Gasteiger partial charge in [0.05, 0.1) is 6.10 Å². The minimum absolute atomic E-state index is 0.109. The second-order valence-electron chi connectivity index (χ2n) is 4.46. The van der Waals surface area contributed by atoms with Crippen molar-refractivity contribution in [1.29, 1.82) is 0 Å². The highest BCUT2D eigenvalue weighted by atomic mass is 16.3. The Morgan fingerprint density at radius 2 is 2.09 bits per heavy atom. The number of allylic oxidation sites excluding steroid dienone is 1. The molecule has 2 unspecified atom stereocenters. The highest BCUT2D eigenvalue weighted by molar-refractivity contribution is 4.91. The largest absolute Gasteiger partial charge is 0.393 e. The molecule has 0 spiro atoms. The lowest BCUT2D eigenvalue weighted by Crippen LogP contribution is -2.30. The van der Waals surface area contributed by atoms with Crippen molar-refractivity contribution in [2.45, 2.75) is 39.2 Å². The van der Waals surface area contributed by atoms with Crippen molar-refractivity contribution in [1.82, 2.24) is 0 Å². The van der Waals surface area contributed by atoms with E-state index < -0.39 is 0 Å². The van der Waals surface area contributed by atoms with Gasteiger partial charge in [0.15, 0.2) is 0 Å². The fourth-order valence-electron chi connectivity index (χ4n) is 2.13. The van der Waals surface area contributed by atoms with E-state index in [1.165, 1.54) is 6.42 Å². The van der Waals surface area contributed by atoms with Crippen molar-refractivity contribution in [2.75, 3.05) is 0 Å². The summed E-state index contributed by atoms with van der Waals surface area (Å²) in [6.45, 7) is 8.20.